The Labute approximate surface area is 253 Å². The van der Waals surface area contributed by atoms with Gasteiger partial charge in [0.25, 0.3) is 0 Å². The first kappa shape index (κ1) is 34.9. The van der Waals surface area contributed by atoms with Crippen LogP contribution in [0, 0.1) is 6.92 Å². The molecule has 3 N–H and O–H groups in total. The number of benzene rings is 2. The Bertz CT molecular complexity index is 1100. The first-order chi connectivity index (χ1) is 20.3. The third-order valence-electron chi connectivity index (χ3n) is 6.57. The molecular formula is C30H43N3O8S. The highest BCUT2D eigenvalue weighted by molar-refractivity contribution is 7.80. The van der Waals surface area contributed by atoms with Crippen molar-refractivity contribution in [2.24, 2.45) is 0 Å². The van der Waals surface area contributed by atoms with Crippen LogP contribution in [0.25, 0.3) is 0 Å². The predicted octanol–water partition coefficient (Wildman–Crippen LogP) is 3.01. The van der Waals surface area contributed by atoms with E-state index in [1.165, 1.54) is 0 Å². The second-order valence-corrected chi connectivity index (χ2v) is 9.92. The van der Waals surface area contributed by atoms with Crippen molar-refractivity contribution >= 4 is 29.0 Å². The SMILES string of the molecule is COCCOCCOCCNC(=S)[C@](C)(c1ccc(OC)cc1)N(CCOc1ccc(C)cc1)C(=O)CCC(=O)NO. The Hall–Kier alpha value is -3.29. The molecule has 12 heteroatoms. The van der Waals surface area contributed by atoms with Gasteiger partial charge in [0.2, 0.25) is 11.8 Å². The number of hydrogen-bond acceptors (Lipinski definition) is 9. The zero-order valence-electron chi connectivity index (χ0n) is 24.9. The van der Waals surface area contributed by atoms with Gasteiger partial charge in [-0.15, -0.1) is 0 Å². The smallest absolute Gasteiger partial charge is 0.243 e. The summed E-state index contributed by atoms with van der Waals surface area (Å²) in [5, 5.41) is 12.2. The minimum absolute atomic E-state index is 0.141. The number of methoxy groups -OCH3 is 2. The van der Waals surface area contributed by atoms with E-state index in [4.69, 9.17) is 41.1 Å². The number of carbonyl (C=O) groups is 2. The van der Waals surface area contributed by atoms with E-state index in [9.17, 15) is 9.59 Å². The summed E-state index contributed by atoms with van der Waals surface area (Å²) >= 11 is 5.90. The lowest BCUT2D eigenvalue weighted by atomic mass is 9.88. The molecule has 0 fully saturated rings. The number of nitrogens with zero attached hydrogens (tertiary/aromatic N) is 1. The number of thiocarbonyl (C=S) groups is 1. The van der Waals surface area contributed by atoms with Crippen molar-refractivity contribution in [1.29, 1.82) is 0 Å². The number of hydrogen-bond donors (Lipinski definition) is 3. The van der Waals surface area contributed by atoms with Gasteiger partial charge in [0, 0.05) is 26.5 Å². The Morgan fingerprint density at radius 1 is 0.881 bits per heavy atom. The van der Waals surface area contributed by atoms with Crippen molar-refractivity contribution < 1.29 is 38.5 Å². The molecule has 0 aromatic heterocycles. The Morgan fingerprint density at radius 3 is 2.12 bits per heavy atom. The lowest BCUT2D eigenvalue weighted by Crippen LogP contribution is -2.57. The van der Waals surface area contributed by atoms with Crippen LogP contribution < -0.4 is 20.3 Å². The molecule has 2 aromatic rings. The highest BCUT2D eigenvalue weighted by Gasteiger charge is 2.41. The molecule has 2 rings (SSSR count). The summed E-state index contributed by atoms with van der Waals surface area (Å²) in [6.07, 6.45) is -0.332. The van der Waals surface area contributed by atoms with E-state index in [-0.39, 0.29) is 31.9 Å². The van der Waals surface area contributed by atoms with Crippen molar-refractivity contribution in [3.05, 3.63) is 59.7 Å². The molecule has 0 spiro atoms. The lowest BCUT2D eigenvalue weighted by molar-refractivity contribution is -0.139. The summed E-state index contributed by atoms with van der Waals surface area (Å²) < 4.78 is 27.3. The van der Waals surface area contributed by atoms with Gasteiger partial charge in [0.1, 0.15) is 28.6 Å². The first-order valence-corrected chi connectivity index (χ1v) is 14.2. The first-order valence-electron chi connectivity index (χ1n) is 13.8. The van der Waals surface area contributed by atoms with E-state index in [0.717, 1.165) is 11.1 Å². The van der Waals surface area contributed by atoms with Gasteiger partial charge in [-0.2, -0.15) is 0 Å². The minimum atomic E-state index is -1.12. The second kappa shape index (κ2) is 19.0. The maximum absolute atomic E-state index is 13.7. The average Bonchev–Trinajstić information content (AvgIpc) is 3.01. The standard InChI is InChI=1S/C30H43N3O8S/c1-23-5-9-26(10-6-23)41-18-16-33(28(35)14-13-27(34)32-36)30(2,24-7-11-25(38-4)12-8-24)29(42)31-15-17-39-21-22-40-20-19-37-3/h5-12,36H,13-22H2,1-4H3,(H,31,42)(H,32,34)/t30-/m0/s1. The summed E-state index contributed by atoms with van der Waals surface area (Å²) in [7, 11) is 3.19. The van der Waals surface area contributed by atoms with Crippen molar-refractivity contribution in [2.75, 3.05) is 67.0 Å². The molecule has 0 aliphatic rings. The molecule has 42 heavy (non-hydrogen) atoms. The molecule has 0 aliphatic heterocycles. The number of aryl methyl sites for hydroxylation is 1. The van der Waals surface area contributed by atoms with Gasteiger partial charge >= 0.3 is 0 Å². The van der Waals surface area contributed by atoms with E-state index >= 15 is 0 Å². The maximum atomic E-state index is 13.7. The van der Waals surface area contributed by atoms with Crippen LogP contribution in [-0.2, 0) is 29.3 Å². The molecule has 2 amide bonds. The van der Waals surface area contributed by atoms with Crippen LogP contribution in [0.2, 0.25) is 0 Å². The fourth-order valence-corrected chi connectivity index (χ4v) is 4.43. The molecule has 11 nitrogen and oxygen atoms in total. The van der Waals surface area contributed by atoms with Gasteiger partial charge < -0.3 is 33.9 Å². The van der Waals surface area contributed by atoms with Crippen molar-refractivity contribution in [1.82, 2.24) is 15.7 Å². The average molecular weight is 606 g/mol. The number of hydroxylamine groups is 1. The Morgan fingerprint density at radius 2 is 1.50 bits per heavy atom. The molecule has 0 bridgehead atoms. The van der Waals surface area contributed by atoms with Gasteiger partial charge in [-0.3, -0.25) is 14.8 Å². The zero-order valence-corrected chi connectivity index (χ0v) is 25.7. The fraction of sp³-hybridized carbons (Fsp3) is 0.500. The topological polar surface area (TPSA) is 128 Å². The van der Waals surface area contributed by atoms with E-state index in [0.29, 0.717) is 56.1 Å². The van der Waals surface area contributed by atoms with E-state index in [2.05, 4.69) is 5.32 Å². The van der Waals surface area contributed by atoms with Crippen LogP contribution in [0.4, 0.5) is 0 Å². The fourth-order valence-electron chi connectivity index (χ4n) is 4.10. The van der Waals surface area contributed by atoms with Gasteiger partial charge in [0.05, 0.1) is 46.7 Å². The quantitative estimate of drug-likeness (QED) is 0.0897. The molecule has 0 saturated carbocycles. The second-order valence-electron chi connectivity index (χ2n) is 9.52. The summed E-state index contributed by atoms with van der Waals surface area (Å²) in [6.45, 7) is 6.85. The number of nitrogens with one attached hydrogen (secondary N) is 2. The van der Waals surface area contributed by atoms with Gasteiger partial charge in [-0.1, -0.05) is 42.0 Å². The summed E-state index contributed by atoms with van der Waals surface area (Å²) in [5.74, 6) is 0.330. The number of carbonyl (C=O) groups excluding carboxylic acids is 2. The van der Waals surface area contributed by atoms with Crippen LogP contribution >= 0.6 is 12.2 Å². The summed E-state index contributed by atoms with van der Waals surface area (Å²) in [6, 6.07) is 14.9. The highest BCUT2D eigenvalue weighted by Crippen LogP contribution is 2.32. The molecule has 2 aromatic carbocycles. The van der Waals surface area contributed by atoms with Gasteiger partial charge in [-0.05, 0) is 43.7 Å². The molecule has 0 saturated heterocycles. The van der Waals surface area contributed by atoms with Gasteiger partial charge in [0.15, 0.2) is 0 Å². The van der Waals surface area contributed by atoms with Crippen molar-refractivity contribution in [3.8, 4) is 11.5 Å². The lowest BCUT2D eigenvalue weighted by Gasteiger charge is -2.42. The number of rotatable bonds is 20. The molecule has 232 valence electrons. The Balaban J connectivity index is 2.23. The molecule has 0 aliphatic carbocycles. The monoisotopic (exact) mass is 605 g/mol. The van der Waals surface area contributed by atoms with Crippen molar-refractivity contribution in [3.63, 3.8) is 0 Å². The molecule has 0 radical (unpaired) electrons. The van der Waals surface area contributed by atoms with E-state index < -0.39 is 11.4 Å². The van der Waals surface area contributed by atoms with E-state index in [1.54, 1.807) is 36.7 Å². The largest absolute Gasteiger partial charge is 0.497 e. The van der Waals surface area contributed by atoms with Crippen LogP contribution in [0.3, 0.4) is 0 Å². The number of amides is 2. The third kappa shape index (κ3) is 11.2. The third-order valence-corrected chi connectivity index (χ3v) is 7.11. The normalized spacial score (nSPS) is 12.2. The van der Waals surface area contributed by atoms with E-state index in [1.807, 2.05) is 50.2 Å². The minimum Gasteiger partial charge on any atom is -0.497 e. The molecule has 1 atom stereocenters. The summed E-state index contributed by atoms with van der Waals surface area (Å²) in [4.78, 5) is 27.4. The van der Waals surface area contributed by atoms with Crippen LogP contribution in [0.1, 0.15) is 30.9 Å². The zero-order chi connectivity index (χ0) is 30.8. The predicted molar refractivity (Wildman–Crippen MR) is 162 cm³/mol. The summed E-state index contributed by atoms with van der Waals surface area (Å²) in [5.41, 5.74) is 2.30. The van der Waals surface area contributed by atoms with Crippen LogP contribution in [0.5, 0.6) is 11.5 Å². The van der Waals surface area contributed by atoms with Crippen LogP contribution in [-0.4, -0.2) is 93.9 Å². The number of ether oxygens (including phenoxy) is 5. The Kier molecular flexibility index (Phi) is 15.8. The molecule has 0 unspecified atom stereocenters. The van der Waals surface area contributed by atoms with Gasteiger partial charge in [-0.25, -0.2) is 5.48 Å². The maximum Gasteiger partial charge on any atom is 0.243 e. The molecule has 0 heterocycles. The molecular weight excluding hydrogens is 562 g/mol. The van der Waals surface area contributed by atoms with Crippen molar-refractivity contribution in [2.45, 2.75) is 32.2 Å². The highest BCUT2D eigenvalue weighted by atomic mass is 32.1. The van der Waals surface area contributed by atoms with Crippen LogP contribution in [0.15, 0.2) is 48.5 Å².